The smallest absolute Gasteiger partial charge is 0.144 e. The molecule has 0 bridgehead atoms. The molecule has 0 saturated heterocycles. The molecule has 0 saturated carbocycles. The Labute approximate surface area is 111 Å². The molecule has 0 fully saturated rings. The molecule has 0 spiro atoms. The second-order valence-electron chi connectivity index (χ2n) is 4.70. The zero-order chi connectivity index (χ0) is 13.8. The Hall–Kier alpha value is -2.04. The first-order valence-corrected chi connectivity index (χ1v) is 6.21. The number of nitrogens with zero attached hydrogens (tertiary/aromatic N) is 3. The predicted molar refractivity (Wildman–Crippen MR) is 69.2 cm³/mol. The van der Waals surface area contributed by atoms with E-state index in [4.69, 9.17) is 0 Å². The molecule has 0 atom stereocenters. The van der Waals surface area contributed by atoms with Gasteiger partial charge in [-0.15, -0.1) is 0 Å². The predicted octanol–water partition coefficient (Wildman–Crippen LogP) is 2.35. The SMILES string of the molecule is CC(C)n1ncnc1CC(=O)Cc1ccccc1F. The van der Waals surface area contributed by atoms with E-state index in [-0.39, 0.29) is 30.5 Å². The van der Waals surface area contributed by atoms with Gasteiger partial charge in [-0.25, -0.2) is 14.1 Å². The monoisotopic (exact) mass is 261 g/mol. The van der Waals surface area contributed by atoms with Gasteiger partial charge in [0.15, 0.2) is 0 Å². The topological polar surface area (TPSA) is 47.8 Å². The van der Waals surface area contributed by atoms with Gasteiger partial charge >= 0.3 is 0 Å². The quantitative estimate of drug-likeness (QED) is 0.830. The van der Waals surface area contributed by atoms with Crippen molar-refractivity contribution in [1.29, 1.82) is 0 Å². The minimum absolute atomic E-state index is 0.0694. The highest BCUT2D eigenvalue weighted by Crippen LogP contribution is 2.10. The fourth-order valence-electron chi connectivity index (χ4n) is 1.92. The number of Topliss-reactive ketones (excluding diaryl/α,β-unsaturated/α-hetero) is 1. The Morgan fingerprint density at radius 2 is 2.05 bits per heavy atom. The zero-order valence-corrected chi connectivity index (χ0v) is 11.0. The molecule has 1 aromatic carbocycles. The van der Waals surface area contributed by atoms with Crippen LogP contribution in [0.1, 0.15) is 31.3 Å². The van der Waals surface area contributed by atoms with Crippen LogP contribution in [0.5, 0.6) is 0 Å². The van der Waals surface area contributed by atoms with Crippen LogP contribution in [-0.4, -0.2) is 20.5 Å². The van der Waals surface area contributed by atoms with Crippen molar-refractivity contribution in [3.63, 3.8) is 0 Å². The molecule has 5 heteroatoms. The standard InChI is InChI=1S/C14H16FN3O/c1-10(2)18-14(16-9-17-18)8-12(19)7-11-5-3-4-6-13(11)15/h3-6,9-10H,7-8H2,1-2H3. The highest BCUT2D eigenvalue weighted by atomic mass is 19.1. The third kappa shape index (κ3) is 3.24. The first kappa shape index (κ1) is 13.4. The Morgan fingerprint density at radius 1 is 1.32 bits per heavy atom. The van der Waals surface area contributed by atoms with E-state index < -0.39 is 0 Å². The third-order valence-electron chi connectivity index (χ3n) is 2.84. The number of hydrogen-bond acceptors (Lipinski definition) is 3. The normalized spacial score (nSPS) is 10.9. The fourth-order valence-corrected chi connectivity index (χ4v) is 1.92. The van der Waals surface area contributed by atoms with Gasteiger partial charge in [0.25, 0.3) is 0 Å². The minimum Gasteiger partial charge on any atom is -0.299 e. The van der Waals surface area contributed by atoms with Gasteiger partial charge in [0.05, 0.1) is 6.42 Å². The van der Waals surface area contributed by atoms with E-state index in [2.05, 4.69) is 10.1 Å². The van der Waals surface area contributed by atoms with E-state index >= 15 is 0 Å². The van der Waals surface area contributed by atoms with Crippen LogP contribution in [-0.2, 0) is 17.6 Å². The number of halogens is 1. The maximum absolute atomic E-state index is 13.5. The summed E-state index contributed by atoms with van der Waals surface area (Å²) in [6.45, 7) is 3.94. The summed E-state index contributed by atoms with van der Waals surface area (Å²) in [5, 5.41) is 4.07. The van der Waals surface area contributed by atoms with Crippen molar-refractivity contribution in [2.75, 3.05) is 0 Å². The number of benzene rings is 1. The molecule has 100 valence electrons. The lowest BCUT2D eigenvalue weighted by molar-refractivity contribution is -0.118. The molecule has 4 nitrogen and oxygen atoms in total. The maximum atomic E-state index is 13.5. The van der Waals surface area contributed by atoms with E-state index in [9.17, 15) is 9.18 Å². The van der Waals surface area contributed by atoms with Crippen LogP contribution in [0.2, 0.25) is 0 Å². The van der Waals surface area contributed by atoms with E-state index in [0.717, 1.165) is 0 Å². The molecule has 1 heterocycles. The number of rotatable bonds is 5. The number of carbonyl (C=O) groups is 1. The largest absolute Gasteiger partial charge is 0.299 e. The summed E-state index contributed by atoms with van der Waals surface area (Å²) in [5.41, 5.74) is 0.420. The first-order chi connectivity index (χ1) is 9.08. The zero-order valence-electron chi connectivity index (χ0n) is 11.0. The lowest BCUT2D eigenvalue weighted by atomic mass is 10.1. The second kappa shape index (κ2) is 5.73. The summed E-state index contributed by atoms with van der Waals surface area (Å²) in [6.07, 6.45) is 1.69. The summed E-state index contributed by atoms with van der Waals surface area (Å²) in [4.78, 5) is 16.0. The molecule has 0 aliphatic rings. The van der Waals surface area contributed by atoms with Crippen molar-refractivity contribution >= 4 is 5.78 Å². The highest BCUT2D eigenvalue weighted by molar-refractivity contribution is 5.82. The van der Waals surface area contributed by atoms with Gasteiger partial charge in [-0.2, -0.15) is 5.10 Å². The van der Waals surface area contributed by atoms with Crippen molar-refractivity contribution in [3.05, 3.63) is 47.8 Å². The van der Waals surface area contributed by atoms with Crippen LogP contribution in [0.25, 0.3) is 0 Å². The summed E-state index contributed by atoms with van der Waals surface area (Å²) in [5.74, 6) is 0.206. The first-order valence-electron chi connectivity index (χ1n) is 6.21. The highest BCUT2D eigenvalue weighted by Gasteiger charge is 2.14. The van der Waals surface area contributed by atoms with Crippen molar-refractivity contribution in [3.8, 4) is 0 Å². The third-order valence-corrected chi connectivity index (χ3v) is 2.84. The molecular formula is C14H16FN3O. The molecule has 0 amide bonds. The van der Waals surface area contributed by atoms with Crippen LogP contribution in [0.3, 0.4) is 0 Å². The van der Waals surface area contributed by atoms with Gasteiger partial charge in [0, 0.05) is 12.5 Å². The van der Waals surface area contributed by atoms with Gasteiger partial charge in [-0.1, -0.05) is 18.2 Å². The van der Waals surface area contributed by atoms with Gasteiger partial charge in [0.2, 0.25) is 0 Å². The lowest BCUT2D eigenvalue weighted by Crippen LogP contribution is -2.14. The number of ketones is 1. The van der Waals surface area contributed by atoms with Crippen molar-refractivity contribution in [2.45, 2.75) is 32.7 Å². The molecule has 0 unspecified atom stereocenters. The van der Waals surface area contributed by atoms with Crippen LogP contribution in [0.4, 0.5) is 4.39 Å². The van der Waals surface area contributed by atoms with E-state index in [0.29, 0.717) is 11.4 Å². The van der Waals surface area contributed by atoms with Crippen LogP contribution in [0, 0.1) is 5.82 Å². The molecular weight excluding hydrogens is 245 g/mol. The van der Waals surface area contributed by atoms with Gasteiger partial charge < -0.3 is 0 Å². The van der Waals surface area contributed by atoms with Crippen LogP contribution < -0.4 is 0 Å². The van der Waals surface area contributed by atoms with E-state index in [1.165, 1.54) is 12.4 Å². The Morgan fingerprint density at radius 3 is 2.74 bits per heavy atom. The molecule has 2 rings (SSSR count). The average Bonchev–Trinajstić information content (AvgIpc) is 2.80. The Kier molecular flexibility index (Phi) is 4.04. The van der Waals surface area contributed by atoms with Crippen molar-refractivity contribution in [2.24, 2.45) is 0 Å². The van der Waals surface area contributed by atoms with E-state index in [1.807, 2.05) is 13.8 Å². The van der Waals surface area contributed by atoms with Crippen LogP contribution in [0.15, 0.2) is 30.6 Å². The summed E-state index contributed by atoms with van der Waals surface area (Å²) in [6, 6.07) is 6.47. The second-order valence-corrected chi connectivity index (χ2v) is 4.70. The van der Waals surface area contributed by atoms with E-state index in [1.54, 1.807) is 22.9 Å². The molecule has 2 aromatic rings. The molecule has 19 heavy (non-hydrogen) atoms. The maximum Gasteiger partial charge on any atom is 0.144 e. The average molecular weight is 261 g/mol. The molecule has 0 aliphatic carbocycles. The van der Waals surface area contributed by atoms with Gasteiger partial charge in [-0.05, 0) is 25.5 Å². The fraction of sp³-hybridized carbons (Fsp3) is 0.357. The van der Waals surface area contributed by atoms with Crippen LogP contribution >= 0.6 is 0 Å². The Balaban J connectivity index is 2.06. The molecule has 0 N–H and O–H groups in total. The van der Waals surface area contributed by atoms with Gasteiger partial charge in [-0.3, -0.25) is 4.79 Å². The van der Waals surface area contributed by atoms with Crippen molar-refractivity contribution < 1.29 is 9.18 Å². The molecule has 1 aromatic heterocycles. The number of aromatic nitrogens is 3. The summed E-state index contributed by atoms with van der Waals surface area (Å²) >= 11 is 0. The lowest BCUT2D eigenvalue weighted by Gasteiger charge is -2.08. The molecule has 0 radical (unpaired) electrons. The molecule has 0 aliphatic heterocycles. The van der Waals surface area contributed by atoms with Gasteiger partial charge in [0.1, 0.15) is 23.8 Å². The van der Waals surface area contributed by atoms with Crippen molar-refractivity contribution in [1.82, 2.24) is 14.8 Å². The number of hydrogen-bond donors (Lipinski definition) is 0. The summed E-state index contributed by atoms with van der Waals surface area (Å²) < 4.78 is 15.2. The summed E-state index contributed by atoms with van der Waals surface area (Å²) in [7, 11) is 0. The Bertz CT molecular complexity index is 578. The number of carbonyl (C=O) groups excluding carboxylic acids is 1. The minimum atomic E-state index is -0.346.